The lowest BCUT2D eigenvalue weighted by Crippen LogP contribution is -2.11. The van der Waals surface area contributed by atoms with E-state index in [-0.39, 0.29) is 0 Å². The van der Waals surface area contributed by atoms with Gasteiger partial charge in [-0.25, -0.2) is 4.79 Å². The van der Waals surface area contributed by atoms with Gasteiger partial charge in [0.05, 0.1) is 13.7 Å². The van der Waals surface area contributed by atoms with Crippen molar-refractivity contribution in [2.75, 3.05) is 13.7 Å². The molecule has 0 aliphatic heterocycles. The minimum absolute atomic E-state index is 0.418. The fourth-order valence-corrected chi connectivity index (χ4v) is 1.78. The summed E-state index contributed by atoms with van der Waals surface area (Å²) in [5, 5.41) is 0. The monoisotopic (exact) mass is 286 g/mol. The molecule has 0 saturated heterocycles. The third kappa shape index (κ3) is 3.99. The van der Waals surface area contributed by atoms with Crippen LogP contribution in [-0.4, -0.2) is 19.7 Å². The molecule has 2 aromatic carbocycles. The Kier molecular flexibility index (Phi) is 5.21. The smallest absolute Gasteiger partial charge is 0.347 e. The summed E-state index contributed by atoms with van der Waals surface area (Å²) in [6.45, 7) is 2.57. The molecule has 0 radical (unpaired) electrons. The maximum Gasteiger partial charge on any atom is 0.347 e. The Morgan fingerprint density at radius 1 is 1.00 bits per heavy atom. The van der Waals surface area contributed by atoms with E-state index >= 15 is 0 Å². The molecule has 0 bridgehead atoms. The van der Waals surface area contributed by atoms with Crippen molar-refractivity contribution in [2.24, 2.45) is 0 Å². The summed E-state index contributed by atoms with van der Waals surface area (Å²) < 4.78 is 16.0. The molecule has 0 unspecified atom stereocenters. The van der Waals surface area contributed by atoms with E-state index in [0.717, 1.165) is 6.42 Å². The van der Waals surface area contributed by atoms with Gasteiger partial charge < -0.3 is 14.2 Å². The Labute approximate surface area is 124 Å². The molecule has 0 amide bonds. The first kappa shape index (κ1) is 14.9. The number of methoxy groups -OCH3 is 1. The molecule has 21 heavy (non-hydrogen) atoms. The molecule has 0 heterocycles. The van der Waals surface area contributed by atoms with Gasteiger partial charge in [0, 0.05) is 0 Å². The summed E-state index contributed by atoms with van der Waals surface area (Å²) in [6.07, 6.45) is 0.877. The fourth-order valence-electron chi connectivity index (χ4n) is 1.78. The van der Waals surface area contributed by atoms with Crippen LogP contribution in [0.5, 0.6) is 17.2 Å². The Bertz CT molecular complexity index is 590. The molecular weight excluding hydrogens is 268 g/mol. The highest BCUT2D eigenvalue weighted by molar-refractivity contribution is 5.93. The molecule has 0 aliphatic rings. The molecule has 0 fully saturated rings. The van der Waals surface area contributed by atoms with Crippen LogP contribution >= 0.6 is 0 Å². The van der Waals surface area contributed by atoms with Crippen LogP contribution in [0.3, 0.4) is 0 Å². The van der Waals surface area contributed by atoms with Gasteiger partial charge in [0.25, 0.3) is 0 Å². The van der Waals surface area contributed by atoms with Crippen molar-refractivity contribution in [3.05, 3.63) is 54.1 Å². The molecule has 0 spiro atoms. The number of hydrogen-bond acceptors (Lipinski definition) is 4. The van der Waals surface area contributed by atoms with Gasteiger partial charge >= 0.3 is 5.97 Å². The zero-order valence-electron chi connectivity index (χ0n) is 12.2. The highest BCUT2D eigenvalue weighted by Gasteiger charge is 2.14. The van der Waals surface area contributed by atoms with Gasteiger partial charge in [0.15, 0.2) is 0 Å². The molecule has 0 aromatic heterocycles. The summed E-state index contributed by atoms with van der Waals surface area (Å²) in [7, 11) is 1.59. The van der Waals surface area contributed by atoms with Gasteiger partial charge in [-0.3, -0.25) is 0 Å². The van der Waals surface area contributed by atoms with E-state index in [1.165, 1.54) is 0 Å². The standard InChI is InChI=1S/C17H18O4/c1-3-12-20-16-7-5-4-6-15(16)17(18)21-14-10-8-13(19-2)9-11-14/h4-11H,3,12H2,1-2H3. The number of benzene rings is 2. The molecule has 0 aliphatic carbocycles. The summed E-state index contributed by atoms with van der Waals surface area (Å²) >= 11 is 0. The zero-order chi connectivity index (χ0) is 15.1. The first-order valence-electron chi connectivity index (χ1n) is 6.82. The number of rotatable bonds is 6. The van der Waals surface area contributed by atoms with Crippen LogP contribution in [0, 0.1) is 0 Å². The van der Waals surface area contributed by atoms with E-state index in [4.69, 9.17) is 14.2 Å². The van der Waals surface area contributed by atoms with Gasteiger partial charge in [0.2, 0.25) is 0 Å². The van der Waals surface area contributed by atoms with Gasteiger partial charge in [-0.1, -0.05) is 19.1 Å². The highest BCUT2D eigenvalue weighted by Crippen LogP contribution is 2.22. The van der Waals surface area contributed by atoms with Gasteiger partial charge in [-0.15, -0.1) is 0 Å². The van der Waals surface area contributed by atoms with Gasteiger partial charge in [-0.05, 0) is 42.8 Å². The van der Waals surface area contributed by atoms with Crippen LogP contribution in [0.15, 0.2) is 48.5 Å². The summed E-state index contributed by atoms with van der Waals surface area (Å²) in [5.74, 6) is 1.28. The maximum atomic E-state index is 12.2. The molecule has 2 rings (SSSR count). The third-order valence-electron chi connectivity index (χ3n) is 2.84. The minimum atomic E-state index is -0.438. The highest BCUT2D eigenvalue weighted by atomic mass is 16.5. The quantitative estimate of drug-likeness (QED) is 0.600. The Balaban J connectivity index is 2.12. The van der Waals surface area contributed by atoms with Crippen molar-refractivity contribution in [1.82, 2.24) is 0 Å². The van der Waals surface area contributed by atoms with Crippen molar-refractivity contribution in [1.29, 1.82) is 0 Å². The van der Waals surface area contributed by atoms with Crippen LogP contribution in [0.25, 0.3) is 0 Å². The molecule has 0 atom stereocenters. The summed E-state index contributed by atoms with van der Waals surface area (Å²) in [4.78, 5) is 12.2. The van der Waals surface area contributed by atoms with Crippen LogP contribution in [0.1, 0.15) is 23.7 Å². The van der Waals surface area contributed by atoms with Crippen molar-refractivity contribution in [3.63, 3.8) is 0 Å². The van der Waals surface area contributed by atoms with Crippen LogP contribution in [-0.2, 0) is 0 Å². The van der Waals surface area contributed by atoms with Crippen molar-refractivity contribution in [2.45, 2.75) is 13.3 Å². The number of carbonyl (C=O) groups excluding carboxylic acids is 1. The zero-order valence-corrected chi connectivity index (χ0v) is 12.2. The molecule has 4 nitrogen and oxygen atoms in total. The Hall–Kier alpha value is -2.49. The van der Waals surface area contributed by atoms with Crippen molar-refractivity contribution in [3.8, 4) is 17.2 Å². The largest absolute Gasteiger partial charge is 0.497 e. The van der Waals surface area contributed by atoms with E-state index in [1.54, 1.807) is 49.6 Å². The average molecular weight is 286 g/mol. The first-order valence-corrected chi connectivity index (χ1v) is 6.82. The first-order chi connectivity index (χ1) is 10.2. The predicted molar refractivity (Wildman–Crippen MR) is 80.2 cm³/mol. The lowest BCUT2D eigenvalue weighted by atomic mass is 10.2. The average Bonchev–Trinajstić information content (AvgIpc) is 2.54. The van der Waals surface area contributed by atoms with E-state index in [2.05, 4.69) is 0 Å². The van der Waals surface area contributed by atoms with Crippen LogP contribution < -0.4 is 14.2 Å². The molecule has 0 N–H and O–H groups in total. The lowest BCUT2D eigenvalue weighted by molar-refractivity contribution is 0.0730. The second kappa shape index (κ2) is 7.33. The number of carbonyl (C=O) groups is 1. The summed E-state index contributed by atoms with van der Waals surface area (Å²) in [5.41, 5.74) is 0.418. The second-order valence-corrected chi connectivity index (χ2v) is 4.41. The van der Waals surface area contributed by atoms with E-state index < -0.39 is 5.97 Å². The number of esters is 1. The van der Waals surface area contributed by atoms with Crippen LogP contribution in [0.2, 0.25) is 0 Å². The lowest BCUT2D eigenvalue weighted by Gasteiger charge is -2.10. The number of ether oxygens (including phenoxy) is 3. The van der Waals surface area contributed by atoms with E-state index in [0.29, 0.717) is 29.4 Å². The fraction of sp³-hybridized carbons (Fsp3) is 0.235. The maximum absolute atomic E-state index is 12.2. The van der Waals surface area contributed by atoms with Crippen molar-refractivity contribution < 1.29 is 19.0 Å². The second-order valence-electron chi connectivity index (χ2n) is 4.41. The molecule has 4 heteroatoms. The molecule has 0 saturated carbocycles. The Morgan fingerprint density at radius 3 is 2.33 bits per heavy atom. The topological polar surface area (TPSA) is 44.8 Å². The third-order valence-corrected chi connectivity index (χ3v) is 2.84. The number of para-hydroxylation sites is 1. The SMILES string of the molecule is CCCOc1ccccc1C(=O)Oc1ccc(OC)cc1. The molecular formula is C17H18O4. The van der Waals surface area contributed by atoms with E-state index in [1.807, 2.05) is 13.0 Å². The Morgan fingerprint density at radius 2 is 1.67 bits per heavy atom. The van der Waals surface area contributed by atoms with Crippen molar-refractivity contribution >= 4 is 5.97 Å². The predicted octanol–water partition coefficient (Wildman–Crippen LogP) is 3.70. The minimum Gasteiger partial charge on any atom is -0.497 e. The van der Waals surface area contributed by atoms with Crippen LogP contribution in [0.4, 0.5) is 0 Å². The normalized spacial score (nSPS) is 10.0. The van der Waals surface area contributed by atoms with Gasteiger partial charge in [-0.2, -0.15) is 0 Å². The number of hydrogen-bond donors (Lipinski definition) is 0. The van der Waals surface area contributed by atoms with Gasteiger partial charge in [0.1, 0.15) is 22.8 Å². The van der Waals surface area contributed by atoms with E-state index in [9.17, 15) is 4.79 Å². The summed E-state index contributed by atoms with van der Waals surface area (Å²) in [6, 6.07) is 13.9. The molecule has 2 aromatic rings. The molecule has 110 valence electrons.